The van der Waals surface area contributed by atoms with Crippen LogP contribution in [0.1, 0.15) is 101 Å². The van der Waals surface area contributed by atoms with Gasteiger partial charge in [0.15, 0.2) is 0 Å². The van der Waals surface area contributed by atoms with E-state index in [1.165, 1.54) is 12.1 Å². The molecule has 4 saturated heterocycles. The molecule has 4 aliphatic heterocycles. The van der Waals surface area contributed by atoms with Crippen molar-refractivity contribution >= 4 is 40.9 Å². The maximum absolute atomic E-state index is 13.2. The van der Waals surface area contributed by atoms with E-state index in [1.807, 2.05) is 77.1 Å². The molecule has 4 fully saturated rings. The zero-order chi connectivity index (χ0) is 60.5. The number of amides is 3. The summed E-state index contributed by atoms with van der Waals surface area (Å²) < 4.78 is 95.3. The number of morpholine rings is 2. The minimum atomic E-state index is -4.67. The van der Waals surface area contributed by atoms with Crippen LogP contribution in [0.25, 0.3) is 22.3 Å². The Morgan fingerprint density at radius 1 is 0.612 bits per heavy atom. The SMILES string of the molecule is Cc1ccc(NC(=O)c2ccnc(C(F)(F)F)c2)cc1-c1cc(C#C[C@H]2CCCN2)nc(N2CCOCC2)c1.Cc1ccc(NC(=O)c2ccnc(C(F)(F)F)c2)cc1-c1cc(C#C[C@H]2CCCN2C(=O)OC(C)(C)C)nc(N2CCOCC2)c1. The summed E-state index contributed by atoms with van der Waals surface area (Å²) in [6.45, 7) is 16.0. The number of ether oxygens (including phenoxy) is 3. The fraction of sp³-hybridized carbons (Fsp3) is 0.381. The highest BCUT2D eigenvalue weighted by molar-refractivity contribution is 6.05. The first-order chi connectivity index (χ1) is 40.5. The van der Waals surface area contributed by atoms with E-state index in [2.05, 4.69) is 59.4 Å². The second-order valence-electron chi connectivity index (χ2n) is 21.7. The Hall–Kier alpha value is -8.57. The van der Waals surface area contributed by atoms with Crippen molar-refractivity contribution in [2.75, 3.05) is 86.1 Å². The third kappa shape index (κ3) is 16.4. The van der Waals surface area contributed by atoms with Crippen LogP contribution in [-0.2, 0) is 26.6 Å². The third-order valence-electron chi connectivity index (χ3n) is 14.2. The minimum absolute atomic E-state index is 0.129. The van der Waals surface area contributed by atoms with Crippen molar-refractivity contribution in [3.05, 3.63) is 142 Å². The maximum atomic E-state index is 13.2. The van der Waals surface area contributed by atoms with Crippen molar-refractivity contribution < 1.29 is 54.9 Å². The van der Waals surface area contributed by atoms with Crippen LogP contribution >= 0.6 is 0 Å². The van der Waals surface area contributed by atoms with E-state index < -0.39 is 47.2 Å². The molecule has 2 aromatic carbocycles. The van der Waals surface area contributed by atoms with Crippen LogP contribution in [0.3, 0.4) is 0 Å². The molecule has 444 valence electrons. The van der Waals surface area contributed by atoms with E-state index in [4.69, 9.17) is 24.2 Å². The molecule has 4 aliphatic rings. The normalized spacial score (nSPS) is 17.1. The number of likely N-dealkylation sites (tertiary alicyclic amines) is 1. The van der Waals surface area contributed by atoms with Crippen LogP contribution in [0.5, 0.6) is 0 Å². The Labute approximate surface area is 489 Å². The van der Waals surface area contributed by atoms with Crippen LogP contribution in [0.2, 0.25) is 0 Å². The number of pyridine rings is 4. The van der Waals surface area contributed by atoms with Gasteiger partial charge in [-0.15, -0.1) is 0 Å². The molecule has 22 heteroatoms. The van der Waals surface area contributed by atoms with Gasteiger partial charge in [0.2, 0.25) is 0 Å². The van der Waals surface area contributed by atoms with Gasteiger partial charge < -0.3 is 40.0 Å². The number of benzene rings is 2. The van der Waals surface area contributed by atoms with Crippen molar-refractivity contribution in [2.45, 2.75) is 90.3 Å². The van der Waals surface area contributed by atoms with Gasteiger partial charge in [0, 0.05) is 67.6 Å². The lowest BCUT2D eigenvalue weighted by Crippen LogP contribution is -2.39. The molecule has 16 nitrogen and oxygen atoms in total. The molecule has 0 unspecified atom stereocenters. The summed E-state index contributed by atoms with van der Waals surface area (Å²) in [5.74, 6) is 13.1. The van der Waals surface area contributed by atoms with E-state index in [0.29, 0.717) is 87.7 Å². The molecular formula is C63H64F6N10O6. The van der Waals surface area contributed by atoms with Crippen LogP contribution in [0.15, 0.2) is 97.3 Å². The molecule has 0 radical (unpaired) electrons. The first kappa shape index (κ1) is 61.0. The van der Waals surface area contributed by atoms with Crippen LogP contribution in [0.4, 0.5) is 54.1 Å². The highest BCUT2D eigenvalue weighted by atomic mass is 19.4. The molecular weight excluding hydrogens is 1110 g/mol. The molecule has 4 aromatic heterocycles. The minimum Gasteiger partial charge on any atom is -0.444 e. The second kappa shape index (κ2) is 26.6. The Kier molecular flexibility index (Phi) is 19.1. The van der Waals surface area contributed by atoms with E-state index in [0.717, 1.165) is 96.0 Å². The topological polar surface area (TPSA) is 176 Å². The lowest BCUT2D eigenvalue weighted by atomic mass is 9.99. The Bertz CT molecular complexity index is 3550. The number of carbonyl (C=O) groups is 3. The monoisotopic (exact) mass is 1170 g/mol. The highest BCUT2D eigenvalue weighted by Gasteiger charge is 2.35. The van der Waals surface area contributed by atoms with Gasteiger partial charge in [0.25, 0.3) is 11.8 Å². The summed E-state index contributed by atoms with van der Waals surface area (Å²) in [6.07, 6.45) is -4.11. The van der Waals surface area contributed by atoms with Crippen LogP contribution in [0, 0.1) is 37.5 Å². The molecule has 0 bridgehead atoms. The number of hydrogen-bond donors (Lipinski definition) is 3. The van der Waals surface area contributed by atoms with E-state index in [9.17, 15) is 40.7 Å². The Morgan fingerprint density at radius 2 is 1.09 bits per heavy atom. The van der Waals surface area contributed by atoms with Gasteiger partial charge in [-0.1, -0.05) is 24.0 Å². The smallest absolute Gasteiger partial charge is 0.433 e. The first-order valence-corrected chi connectivity index (χ1v) is 27.9. The lowest BCUT2D eigenvalue weighted by molar-refractivity contribution is -0.142. The molecule has 8 heterocycles. The first-order valence-electron chi connectivity index (χ1n) is 27.9. The number of anilines is 4. The van der Waals surface area contributed by atoms with E-state index in [-0.39, 0.29) is 23.2 Å². The summed E-state index contributed by atoms with van der Waals surface area (Å²) in [6, 6.07) is 22.2. The summed E-state index contributed by atoms with van der Waals surface area (Å²) in [4.78, 5) is 60.7. The number of aromatic nitrogens is 4. The highest BCUT2D eigenvalue weighted by Crippen LogP contribution is 2.34. The Balaban J connectivity index is 0.000000206. The fourth-order valence-electron chi connectivity index (χ4n) is 9.84. The number of nitrogens with zero attached hydrogens (tertiary/aromatic N) is 7. The van der Waals surface area contributed by atoms with Crippen molar-refractivity contribution in [3.8, 4) is 45.9 Å². The molecule has 6 aromatic rings. The standard InChI is InChI=1S/C34H36F3N5O4.C29H28F3N5O2/c1-22-7-8-26(40-31(43)23-11-12-38-29(19-23)34(35,36)37)21-28(22)24-18-25(39-30(20-24)41-14-16-45-17-15-41)9-10-27-6-5-13-42(27)32(44)46-33(2,3)4;1-19-4-5-24(36-28(38)20-8-10-34-26(16-20)29(30,31)32)18-25(19)21-15-23(7-6-22-3-2-9-33-22)35-27(17-21)37-11-13-39-14-12-37/h7-8,11-12,18-21,27H,5-6,13-17H2,1-4H3,(H,40,43);4-5,8,10,15-18,22,33H,2-3,9,11-14H2,1H3,(H,36,38)/t27-;22-/m11/s1. The summed E-state index contributed by atoms with van der Waals surface area (Å²) in [5.41, 5.74) is 4.07. The number of carbonyl (C=O) groups excluding carboxylic acids is 3. The predicted molar refractivity (Wildman–Crippen MR) is 310 cm³/mol. The quantitative estimate of drug-likeness (QED) is 0.0970. The number of nitrogens with one attached hydrogen (secondary N) is 3. The van der Waals surface area contributed by atoms with Gasteiger partial charge in [-0.3, -0.25) is 24.5 Å². The van der Waals surface area contributed by atoms with Gasteiger partial charge in [0.05, 0.1) is 38.5 Å². The lowest BCUT2D eigenvalue weighted by Gasteiger charge is -2.28. The average molecular weight is 1170 g/mol. The van der Waals surface area contributed by atoms with E-state index in [1.54, 1.807) is 23.1 Å². The molecule has 0 spiro atoms. The largest absolute Gasteiger partial charge is 0.444 e. The zero-order valence-corrected chi connectivity index (χ0v) is 47.6. The summed E-state index contributed by atoms with van der Waals surface area (Å²) >= 11 is 0. The second-order valence-corrected chi connectivity index (χ2v) is 21.7. The number of hydrogen-bond acceptors (Lipinski definition) is 13. The molecule has 10 rings (SSSR count). The molecule has 0 saturated carbocycles. The third-order valence-corrected chi connectivity index (χ3v) is 14.2. The van der Waals surface area contributed by atoms with Crippen LogP contribution in [-0.4, -0.2) is 126 Å². The summed E-state index contributed by atoms with van der Waals surface area (Å²) in [7, 11) is 0. The van der Waals surface area contributed by atoms with Gasteiger partial charge in [-0.2, -0.15) is 26.3 Å². The van der Waals surface area contributed by atoms with Crippen LogP contribution < -0.4 is 25.8 Å². The zero-order valence-electron chi connectivity index (χ0n) is 47.6. The molecule has 85 heavy (non-hydrogen) atoms. The maximum Gasteiger partial charge on any atom is 0.433 e. The fourth-order valence-corrected chi connectivity index (χ4v) is 9.84. The van der Waals surface area contributed by atoms with Crippen molar-refractivity contribution in [1.82, 2.24) is 30.2 Å². The van der Waals surface area contributed by atoms with Gasteiger partial charge in [0.1, 0.15) is 40.0 Å². The van der Waals surface area contributed by atoms with Crippen molar-refractivity contribution in [2.24, 2.45) is 0 Å². The number of rotatable bonds is 8. The van der Waals surface area contributed by atoms with Crippen molar-refractivity contribution in [1.29, 1.82) is 0 Å². The van der Waals surface area contributed by atoms with E-state index >= 15 is 0 Å². The van der Waals surface area contributed by atoms with Crippen molar-refractivity contribution in [3.63, 3.8) is 0 Å². The van der Waals surface area contributed by atoms with Gasteiger partial charge in [-0.25, -0.2) is 14.8 Å². The predicted octanol–water partition coefficient (Wildman–Crippen LogP) is 11.0. The van der Waals surface area contributed by atoms with Gasteiger partial charge in [-0.05, 0) is 185 Å². The number of halogens is 6. The molecule has 3 amide bonds. The number of aryl methyl sites for hydroxylation is 2. The average Bonchev–Trinajstić information content (AvgIpc) is 4.15. The molecule has 0 aliphatic carbocycles. The number of alkyl halides is 6. The molecule has 2 atom stereocenters. The Morgan fingerprint density at radius 3 is 1.54 bits per heavy atom. The molecule has 3 N–H and O–H groups in total. The van der Waals surface area contributed by atoms with Gasteiger partial charge >= 0.3 is 18.4 Å². The summed E-state index contributed by atoms with van der Waals surface area (Å²) in [5, 5.41) is 8.80.